The lowest BCUT2D eigenvalue weighted by atomic mass is 9.87. The van der Waals surface area contributed by atoms with E-state index in [1.165, 1.54) is 58.8 Å². The Hall–Kier alpha value is -2.60. The highest BCUT2D eigenvalue weighted by Gasteiger charge is 2.50. The summed E-state index contributed by atoms with van der Waals surface area (Å²) in [5.41, 5.74) is 4.27. The van der Waals surface area contributed by atoms with Gasteiger partial charge in [-0.2, -0.15) is 4.31 Å². The fourth-order valence-corrected chi connectivity index (χ4v) is 11.7. The summed E-state index contributed by atoms with van der Waals surface area (Å²) in [5, 5.41) is 46.4. The summed E-state index contributed by atoms with van der Waals surface area (Å²) in [6, 6.07) is 0. The molecule has 0 radical (unpaired) electrons. The van der Waals surface area contributed by atoms with E-state index in [0.29, 0.717) is 18.8 Å². The maximum atomic E-state index is 12.8. The highest BCUT2D eigenvalue weighted by atomic mass is 32.2. The molecule has 2 saturated heterocycles. The molecule has 12 N–H and O–H groups in total. The van der Waals surface area contributed by atoms with Crippen molar-refractivity contribution in [3.8, 4) is 0 Å². The van der Waals surface area contributed by atoms with Crippen LogP contribution in [0.3, 0.4) is 0 Å². The number of fused-ring (bicyclic) bond motifs is 1. The number of hydrogen-bond donors (Lipinski definition) is 11. The van der Waals surface area contributed by atoms with E-state index in [4.69, 9.17) is 29.0 Å². The highest BCUT2D eigenvalue weighted by Crippen LogP contribution is 2.61. The first-order valence-electron chi connectivity index (χ1n) is 25.5. The van der Waals surface area contributed by atoms with Crippen molar-refractivity contribution in [2.75, 3.05) is 44.4 Å². The molecule has 2 aromatic rings. The number of nitrogens with zero attached hydrogens (tertiary/aromatic N) is 4. The fourth-order valence-electron chi connectivity index (χ4n) is 8.15. The molecule has 436 valence electrons. The van der Waals surface area contributed by atoms with E-state index in [1.54, 1.807) is 6.92 Å². The first kappa shape index (κ1) is 65.9. The third-order valence-electron chi connectivity index (χ3n) is 12.5. The van der Waals surface area contributed by atoms with Crippen molar-refractivity contribution in [3.05, 3.63) is 12.7 Å². The van der Waals surface area contributed by atoms with Gasteiger partial charge in [0.25, 0.3) is 0 Å². The number of nitrogens with two attached hydrogens (primary N) is 1. The maximum absolute atomic E-state index is 12.8. The van der Waals surface area contributed by atoms with E-state index < -0.39 is 103 Å². The van der Waals surface area contributed by atoms with E-state index in [1.807, 2.05) is 0 Å². The Bertz CT molecular complexity index is 2270. The summed E-state index contributed by atoms with van der Waals surface area (Å²) in [6.07, 6.45) is 7.01. The molecule has 0 aliphatic carbocycles. The van der Waals surface area contributed by atoms with E-state index in [0.717, 1.165) is 73.9 Å². The van der Waals surface area contributed by atoms with E-state index >= 15 is 0 Å². The van der Waals surface area contributed by atoms with Crippen molar-refractivity contribution >= 4 is 69.1 Å². The van der Waals surface area contributed by atoms with Crippen LogP contribution >= 0.6 is 35.2 Å². The summed E-state index contributed by atoms with van der Waals surface area (Å²) in [7, 11) is -16.4. The van der Waals surface area contributed by atoms with Crippen molar-refractivity contribution in [2.24, 2.45) is 5.41 Å². The Morgan fingerprint density at radius 1 is 0.829 bits per heavy atom. The van der Waals surface area contributed by atoms with Gasteiger partial charge in [0, 0.05) is 50.1 Å². The second-order valence-electron chi connectivity index (χ2n) is 19.4. The topological polar surface area (TPSA) is 423 Å². The van der Waals surface area contributed by atoms with Crippen LogP contribution in [0.2, 0.25) is 0 Å². The van der Waals surface area contributed by atoms with Crippen molar-refractivity contribution in [2.45, 2.75) is 185 Å². The van der Waals surface area contributed by atoms with Crippen molar-refractivity contribution in [1.82, 2.24) is 30.2 Å². The van der Waals surface area contributed by atoms with Crippen molar-refractivity contribution < 1.29 is 100 Å². The van der Waals surface area contributed by atoms with Gasteiger partial charge in [-0.15, -0.1) is 0 Å². The van der Waals surface area contributed by atoms with Crippen LogP contribution < -0.4 is 16.4 Å². The lowest BCUT2D eigenvalue weighted by molar-refractivity contribution is -0.261. The van der Waals surface area contributed by atoms with Gasteiger partial charge >= 0.3 is 23.5 Å². The Labute approximate surface area is 445 Å². The van der Waals surface area contributed by atoms with Crippen LogP contribution in [-0.2, 0) is 60.2 Å². The number of rotatable bonds is 37. The van der Waals surface area contributed by atoms with Crippen LogP contribution in [0, 0.1) is 5.41 Å². The number of thioether (sulfide) groups is 1. The zero-order valence-corrected chi connectivity index (χ0v) is 46.6. The number of phosphoric acid groups is 3. The van der Waals surface area contributed by atoms with Gasteiger partial charge in [0.2, 0.25) is 11.8 Å². The summed E-state index contributed by atoms with van der Waals surface area (Å²) in [6.45, 7) is 2.83. The van der Waals surface area contributed by atoms with Crippen LogP contribution in [0.25, 0.3) is 11.2 Å². The number of aromatic nitrogens is 4. The molecule has 2 aromatic heterocycles. The molecule has 2 fully saturated rings. The zero-order valence-electron chi connectivity index (χ0n) is 43.1. The standard InChI is InChI=1S/C44H78N7O21P3S/c1-29-30(52)24-31(53)43(69-29)66-22-17-15-13-11-9-7-5-4-6-8-10-12-14-16-18-34(55)76-23-21-46-33(54)19-20-47-41(58)38(57)44(2,3)26-68-75(64,65)72-74(62,63)67-25-32-37(71-73(59,60)61)36(56)42(70-32)51-28-50-35-39(45)48-27-49-40(35)51/h27-32,36-38,42-43,52-53,56-57H,4-26H2,1-3H3,(H,46,54)(H,47,58)(H,62,63)(H,64,65)(H2,45,48,49)(H2,59,60,61)/t29-,30+,31+,32+,36+,37+,38-,42+,43+/m0/s1. The first-order valence-corrected chi connectivity index (χ1v) is 31.0. The number of carbonyl (C=O) groups excluding carboxylic acids is 3. The van der Waals surface area contributed by atoms with Gasteiger partial charge in [-0.05, 0) is 19.8 Å². The first-order chi connectivity index (χ1) is 35.8. The molecular weight excluding hydrogens is 1090 g/mol. The van der Waals surface area contributed by atoms with Gasteiger partial charge in [-0.1, -0.05) is 103 Å². The molecule has 32 heteroatoms. The quantitative estimate of drug-likeness (QED) is 0.0341. The molecular formula is C44H78N7O21P3S. The average molecular weight is 1170 g/mol. The van der Waals surface area contributed by atoms with Gasteiger partial charge in [0.15, 0.2) is 29.1 Å². The number of hydrogen-bond acceptors (Lipinski definition) is 22. The predicted octanol–water partition coefficient (Wildman–Crippen LogP) is 3.39. The number of aliphatic hydroxyl groups is 4. The Kier molecular flexibility index (Phi) is 27.8. The third kappa shape index (κ3) is 23.2. The molecule has 76 heavy (non-hydrogen) atoms. The Balaban J connectivity index is 0.989. The number of nitrogen functional groups attached to an aromatic ring is 1. The van der Waals surface area contributed by atoms with Gasteiger partial charge in [-0.3, -0.25) is 32.5 Å². The summed E-state index contributed by atoms with van der Waals surface area (Å²) >= 11 is 1.14. The number of aliphatic hydroxyl groups excluding tert-OH is 4. The van der Waals surface area contributed by atoms with Crippen molar-refractivity contribution in [3.63, 3.8) is 0 Å². The number of anilines is 1. The minimum Gasteiger partial charge on any atom is -0.390 e. The fraction of sp³-hybridized carbons (Fsp3) is 0.818. The predicted molar refractivity (Wildman–Crippen MR) is 273 cm³/mol. The SMILES string of the molecule is C[C@@H]1O[C@@H](OCCCCCCCCCCCCCCCCC(=O)SCCNC(=O)CCNC(=O)[C@H](O)C(C)(C)COP(=O)(O)OP(=O)(O)OC[C@H]2O[C@@H](n3cnc4c(N)ncnc43)[C@H](O)[C@@H]2OP(=O)(O)O)[C@H](O)C[C@H]1O. The second-order valence-corrected chi connectivity index (χ2v) is 24.8. The number of phosphoric ester groups is 3. The minimum atomic E-state index is -5.59. The molecule has 0 saturated carbocycles. The summed E-state index contributed by atoms with van der Waals surface area (Å²) in [4.78, 5) is 88.6. The van der Waals surface area contributed by atoms with Crippen LogP contribution in [0.5, 0.6) is 0 Å². The number of nitrogens with one attached hydrogen (secondary N) is 2. The third-order valence-corrected chi connectivity index (χ3v) is 16.5. The Morgan fingerprint density at radius 2 is 1.43 bits per heavy atom. The highest BCUT2D eigenvalue weighted by molar-refractivity contribution is 8.13. The molecule has 2 aliphatic heterocycles. The number of unbranched alkanes of at least 4 members (excludes halogenated alkanes) is 13. The van der Waals surface area contributed by atoms with Gasteiger partial charge < -0.3 is 70.6 Å². The molecule has 0 spiro atoms. The average Bonchev–Trinajstić information content (AvgIpc) is 3.90. The molecule has 2 unspecified atom stereocenters. The molecule has 0 bridgehead atoms. The number of imidazole rings is 1. The van der Waals surface area contributed by atoms with Crippen LogP contribution in [0.1, 0.15) is 136 Å². The van der Waals surface area contributed by atoms with Crippen LogP contribution in [0.15, 0.2) is 12.7 Å². The van der Waals surface area contributed by atoms with E-state index in [2.05, 4.69) is 34.4 Å². The molecule has 2 aliphatic rings. The molecule has 11 atom stereocenters. The minimum absolute atomic E-state index is 0.0285. The number of carbonyl (C=O) groups is 3. The smallest absolute Gasteiger partial charge is 0.390 e. The largest absolute Gasteiger partial charge is 0.481 e. The number of ether oxygens (including phenoxy) is 3. The zero-order chi connectivity index (χ0) is 56.1. The van der Waals surface area contributed by atoms with E-state index in [-0.39, 0.29) is 54.1 Å². The van der Waals surface area contributed by atoms with Crippen LogP contribution in [0.4, 0.5) is 5.82 Å². The second kappa shape index (κ2) is 32.0. The maximum Gasteiger partial charge on any atom is 0.481 e. The summed E-state index contributed by atoms with van der Waals surface area (Å²) < 4.78 is 73.7. The molecule has 2 amide bonds. The lowest BCUT2D eigenvalue weighted by Crippen LogP contribution is -2.47. The molecule has 28 nitrogen and oxygen atoms in total. The molecule has 4 heterocycles. The summed E-state index contributed by atoms with van der Waals surface area (Å²) in [5.74, 6) is -1.07. The lowest BCUT2D eigenvalue weighted by Gasteiger charge is -2.35. The molecule has 4 rings (SSSR count). The van der Waals surface area contributed by atoms with E-state index in [9.17, 15) is 68.1 Å². The monoisotopic (exact) mass is 1170 g/mol. The van der Waals surface area contributed by atoms with Crippen molar-refractivity contribution in [1.29, 1.82) is 0 Å². The van der Waals surface area contributed by atoms with Crippen LogP contribution in [-0.4, -0.2) is 164 Å². The number of amides is 2. The van der Waals surface area contributed by atoms with Gasteiger partial charge in [0.1, 0.15) is 42.4 Å². The van der Waals surface area contributed by atoms with Gasteiger partial charge in [0.05, 0.1) is 31.7 Å². The molecule has 0 aromatic carbocycles. The van der Waals surface area contributed by atoms with Gasteiger partial charge in [-0.25, -0.2) is 28.6 Å². The normalized spacial score (nSPS) is 24.2. The Morgan fingerprint density at radius 3 is 2.07 bits per heavy atom.